The Morgan fingerprint density at radius 2 is 1.68 bits per heavy atom. The first-order valence-corrected chi connectivity index (χ1v) is 8.01. The van der Waals surface area contributed by atoms with Gasteiger partial charge in [-0.05, 0) is 58.2 Å². The van der Waals surface area contributed by atoms with E-state index < -0.39 is 11.8 Å². The highest BCUT2D eigenvalue weighted by Crippen LogP contribution is 2.15. The lowest BCUT2D eigenvalue weighted by Gasteiger charge is -2.34. The van der Waals surface area contributed by atoms with Gasteiger partial charge in [0.05, 0.1) is 0 Å². The molecule has 1 rings (SSSR count). The summed E-state index contributed by atoms with van der Waals surface area (Å²) >= 11 is 0. The van der Waals surface area contributed by atoms with E-state index in [-0.39, 0.29) is 5.54 Å². The molecule has 4 nitrogen and oxygen atoms in total. The van der Waals surface area contributed by atoms with Crippen molar-refractivity contribution >= 4 is 17.5 Å². The zero-order chi connectivity index (χ0) is 16.8. The Hall–Kier alpha value is -1.84. The number of carbonyl (C=O) groups is 2. The summed E-state index contributed by atoms with van der Waals surface area (Å²) in [5.41, 5.74) is 1.53. The van der Waals surface area contributed by atoms with E-state index in [9.17, 15) is 9.59 Å². The standard InChI is InChI=1S/C18H28N2O2/c1-6-8-9-14-10-12-15(13-11-14)19-16(21)17(22)20(7-2)18(3,4)5/h10-13H,6-9H2,1-5H3,(H,19,21). The minimum absolute atomic E-state index is 0.368. The fraction of sp³-hybridized carbons (Fsp3) is 0.556. The highest BCUT2D eigenvalue weighted by Gasteiger charge is 2.29. The molecule has 0 saturated carbocycles. The molecule has 0 atom stereocenters. The lowest BCUT2D eigenvalue weighted by molar-refractivity contribution is -0.146. The average molecular weight is 304 g/mol. The van der Waals surface area contributed by atoms with Gasteiger partial charge in [0.1, 0.15) is 0 Å². The minimum atomic E-state index is -0.585. The number of unbranched alkanes of at least 4 members (excludes halogenated alkanes) is 1. The molecule has 0 spiro atoms. The van der Waals surface area contributed by atoms with Crippen LogP contribution in [0.25, 0.3) is 0 Å². The van der Waals surface area contributed by atoms with Crippen LogP contribution in [0, 0.1) is 0 Å². The van der Waals surface area contributed by atoms with E-state index >= 15 is 0 Å². The molecule has 4 heteroatoms. The van der Waals surface area contributed by atoms with Crippen molar-refractivity contribution in [2.75, 3.05) is 11.9 Å². The van der Waals surface area contributed by atoms with Gasteiger partial charge < -0.3 is 10.2 Å². The number of hydrogen-bond acceptors (Lipinski definition) is 2. The average Bonchev–Trinajstić information content (AvgIpc) is 2.45. The highest BCUT2D eigenvalue weighted by atomic mass is 16.2. The third-order valence-corrected chi connectivity index (χ3v) is 3.60. The first-order valence-electron chi connectivity index (χ1n) is 8.01. The Kier molecular flexibility index (Phi) is 6.60. The second kappa shape index (κ2) is 7.97. The van der Waals surface area contributed by atoms with Crippen LogP contribution < -0.4 is 5.32 Å². The number of likely N-dealkylation sites (N-methyl/N-ethyl adjacent to an activating group) is 1. The van der Waals surface area contributed by atoms with E-state index in [4.69, 9.17) is 0 Å². The van der Waals surface area contributed by atoms with Crippen LogP contribution in [0.5, 0.6) is 0 Å². The first kappa shape index (κ1) is 18.2. The molecule has 0 aliphatic carbocycles. The quantitative estimate of drug-likeness (QED) is 0.845. The van der Waals surface area contributed by atoms with Crippen molar-refractivity contribution in [2.24, 2.45) is 0 Å². The fourth-order valence-corrected chi connectivity index (χ4v) is 2.37. The molecule has 0 saturated heterocycles. The number of nitrogens with zero attached hydrogens (tertiary/aromatic N) is 1. The Labute approximate surface area is 133 Å². The Balaban J connectivity index is 2.69. The van der Waals surface area contributed by atoms with Crippen LogP contribution >= 0.6 is 0 Å². The maximum absolute atomic E-state index is 12.2. The molecule has 0 aromatic heterocycles. The van der Waals surface area contributed by atoms with Gasteiger partial charge in [-0.3, -0.25) is 9.59 Å². The van der Waals surface area contributed by atoms with Crippen LogP contribution in [0.3, 0.4) is 0 Å². The molecule has 122 valence electrons. The van der Waals surface area contributed by atoms with Gasteiger partial charge in [0.15, 0.2) is 0 Å². The van der Waals surface area contributed by atoms with Gasteiger partial charge in [-0.15, -0.1) is 0 Å². The summed E-state index contributed by atoms with van der Waals surface area (Å²) < 4.78 is 0. The van der Waals surface area contributed by atoms with Gasteiger partial charge in [0, 0.05) is 17.8 Å². The highest BCUT2D eigenvalue weighted by molar-refractivity contribution is 6.39. The van der Waals surface area contributed by atoms with Gasteiger partial charge in [0.25, 0.3) is 0 Å². The topological polar surface area (TPSA) is 49.4 Å². The van der Waals surface area contributed by atoms with Crippen molar-refractivity contribution in [3.63, 3.8) is 0 Å². The van der Waals surface area contributed by atoms with Crippen molar-refractivity contribution in [3.05, 3.63) is 29.8 Å². The summed E-state index contributed by atoms with van der Waals surface area (Å²) in [4.78, 5) is 25.9. The van der Waals surface area contributed by atoms with Crippen LogP contribution in [-0.2, 0) is 16.0 Å². The number of aryl methyl sites for hydroxylation is 1. The maximum Gasteiger partial charge on any atom is 0.313 e. The molecule has 0 unspecified atom stereocenters. The van der Waals surface area contributed by atoms with Crippen molar-refractivity contribution < 1.29 is 9.59 Å². The molecule has 0 fully saturated rings. The van der Waals surface area contributed by atoms with Gasteiger partial charge in [-0.2, -0.15) is 0 Å². The molecule has 1 N–H and O–H groups in total. The van der Waals surface area contributed by atoms with Gasteiger partial charge in [-0.25, -0.2) is 0 Å². The minimum Gasteiger partial charge on any atom is -0.330 e. The van der Waals surface area contributed by atoms with E-state index in [1.807, 2.05) is 52.0 Å². The summed E-state index contributed by atoms with van der Waals surface area (Å²) in [6, 6.07) is 7.70. The third kappa shape index (κ3) is 5.17. The van der Waals surface area contributed by atoms with Crippen LogP contribution in [0.2, 0.25) is 0 Å². The van der Waals surface area contributed by atoms with Crippen molar-refractivity contribution in [2.45, 2.75) is 59.4 Å². The summed E-state index contributed by atoms with van der Waals surface area (Å²) in [5, 5.41) is 2.68. The smallest absolute Gasteiger partial charge is 0.313 e. The number of anilines is 1. The molecule has 2 amide bonds. The van der Waals surface area contributed by atoms with Gasteiger partial charge in [0.2, 0.25) is 0 Å². The molecule has 0 aliphatic heterocycles. The zero-order valence-corrected chi connectivity index (χ0v) is 14.4. The number of rotatable bonds is 5. The van der Waals surface area contributed by atoms with E-state index in [1.165, 1.54) is 5.56 Å². The predicted molar refractivity (Wildman–Crippen MR) is 90.8 cm³/mol. The molecular weight excluding hydrogens is 276 g/mol. The van der Waals surface area contributed by atoms with Crippen molar-refractivity contribution in [3.8, 4) is 0 Å². The monoisotopic (exact) mass is 304 g/mol. The van der Waals surface area contributed by atoms with Crippen LogP contribution in [-0.4, -0.2) is 28.8 Å². The second-order valence-corrected chi connectivity index (χ2v) is 6.47. The number of hydrogen-bond donors (Lipinski definition) is 1. The molecule has 1 aromatic rings. The number of amides is 2. The number of benzene rings is 1. The van der Waals surface area contributed by atoms with Crippen LogP contribution in [0.1, 0.15) is 53.0 Å². The van der Waals surface area contributed by atoms with Crippen molar-refractivity contribution in [1.82, 2.24) is 4.90 Å². The third-order valence-electron chi connectivity index (χ3n) is 3.60. The summed E-state index contributed by atoms with van der Waals surface area (Å²) in [5.74, 6) is -1.08. The van der Waals surface area contributed by atoms with Crippen LogP contribution in [0.4, 0.5) is 5.69 Å². The Morgan fingerprint density at radius 1 is 1.09 bits per heavy atom. The molecule has 22 heavy (non-hydrogen) atoms. The van der Waals surface area contributed by atoms with E-state index in [1.54, 1.807) is 4.90 Å². The molecule has 0 aliphatic rings. The van der Waals surface area contributed by atoms with Crippen LogP contribution in [0.15, 0.2) is 24.3 Å². The summed E-state index contributed by atoms with van der Waals surface area (Å²) in [6.07, 6.45) is 3.35. The maximum atomic E-state index is 12.2. The molecule has 0 heterocycles. The Bertz CT molecular complexity index is 501. The zero-order valence-electron chi connectivity index (χ0n) is 14.4. The lowest BCUT2D eigenvalue weighted by Crippen LogP contribution is -2.49. The predicted octanol–water partition coefficient (Wildman–Crippen LogP) is 3.61. The van der Waals surface area contributed by atoms with Gasteiger partial charge in [-0.1, -0.05) is 25.5 Å². The SMILES string of the molecule is CCCCc1ccc(NC(=O)C(=O)N(CC)C(C)(C)C)cc1. The van der Waals surface area contributed by atoms with Gasteiger partial charge >= 0.3 is 11.8 Å². The lowest BCUT2D eigenvalue weighted by atomic mass is 10.1. The van der Waals surface area contributed by atoms with Crippen molar-refractivity contribution in [1.29, 1.82) is 0 Å². The summed E-state index contributed by atoms with van der Waals surface area (Å²) in [6.45, 7) is 10.3. The largest absolute Gasteiger partial charge is 0.330 e. The molecule has 0 bridgehead atoms. The fourth-order valence-electron chi connectivity index (χ4n) is 2.37. The number of nitrogens with one attached hydrogen (secondary N) is 1. The first-order chi connectivity index (χ1) is 10.3. The molecule has 1 aromatic carbocycles. The molecule has 0 radical (unpaired) electrons. The normalized spacial score (nSPS) is 11.1. The number of carbonyl (C=O) groups excluding carboxylic acids is 2. The van der Waals surface area contributed by atoms with E-state index in [2.05, 4.69) is 12.2 Å². The van der Waals surface area contributed by atoms with E-state index in [0.717, 1.165) is 19.3 Å². The van der Waals surface area contributed by atoms with E-state index in [0.29, 0.717) is 12.2 Å². The summed E-state index contributed by atoms with van der Waals surface area (Å²) in [7, 11) is 0. The molecular formula is C18H28N2O2. The Morgan fingerprint density at radius 3 is 2.14 bits per heavy atom. The second-order valence-electron chi connectivity index (χ2n) is 6.47.